The molecule has 4 heterocycles. The van der Waals surface area contributed by atoms with E-state index in [-0.39, 0.29) is 39.4 Å². The Hall–Kier alpha value is -3.41. The van der Waals surface area contributed by atoms with Crippen LogP contribution in [0.2, 0.25) is 0 Å². The minimum Gasteiger partial charge on any atom is -0.502 e. The molecule has 0 aliphatic carbocycles. The summed E-state index contributed by atoms with van der Waals surface area (Å²) in [4.78, 5) is 27.3. The third-order valence-electron chi connectivity index (χ3n) is 5.99. The molecule has 1 saturated heterocycles. The van der Waals surface area contributed by atoms with Crippen LogP contribution in [0.15, 0.2) is 23.1 Å². The summed E-state index contributed by atoms with van der Waals surface area (Å²) in [5.74, 6) is -4.27. The van der Waals surface area contributed by atoms with Gasteiger partial charge < -0.3 is 10.0 Å². The molecule has 0 bridgehead atoms. The van der Waals surface area contributed by atoms with Crippen molar-refractivity contribution in [2.24, 2.45) is 0 Å². The van der Waals surface area contributed by atoms with Gasteiger partial charge in [-0.2, -0.15) is 0 Å². The summed E-state index contributed by atoms with van der Waals surface area (Å²) >= 11 is 0.919. The number of carbonyl (C=O) groups excluding carboxylic acids is 1. The molecule has 1 aromatic carbocycles. The molecule has 1 amide bonds. The van der Waals surface area contributed by atoms with Crippen molar-refractivity contribution in [3.63, 3.8) is 0 Å². The highest BCUT2D eigenvalue weighted by Crippen LogP contribution is 2.32. The number of hydrogen-bond donors (Lipinski definition) is 1. The van der Waals surface area contributed by atoms with Crippen LogP contribution in [0, 0.1) is 17.5 Å². The number of aromatic nitrogens is 3. The zero-order chi connectivity index (χ0) is 23.4. The van der Waals surface area contributed by atoms with Gasteiger partial charge in [0, 0.05) is 43.9 Å². The zero-order valence-electron chi connectivity index (χ0n) is 17.4. The summed E-state index contributed by atoms with van der Waals surface area (Å²) in [6.45, 7) is 0.627. The molecule has 3 aromatic rings. The molecule has 0 saturated carbocycles. The van der Waals surface area contributed by atoms with Crippen molar-refractivity contribution in [3.8, 4) is 16.3 Å². The SMILES string of the molecule is CN1C(=O)c2c(O)c(=O)c(-c3nnc(Cc4c(F)cc(F)cc4F)s3)cn2N2CCCC[C@@H]12. The van der Waals surface area contributed by atoms with E-state index in [2.05, 4.69) is 10.2 Å². The van der Waals surface area contributed by atoms with Crippen molar-refractivity contribution in [1.82, 2.24) is 19.8 Å². The van der Waals surface area contributed by atoms with Crippen LogP contribution in [0.4, 0.5) is 13.2 Å². The molecule has 1 atom stereocenters. The van der Waals surface area contributed by atoms with Crippen LogP contribution in [0.5, 0.6) is 5.75 Å². The number of hydrogen-bond acceptors (Lipinski definition) is 7. The molecule has 8 nitrogen and oxygen atoms in total. The van der Waals surface area contributed by atoms with E-state index in [4.69, 9.17) is 0 Å². The number of benzene rings is 1. The summed E-state index contributed by atoms with van der Waals surface area (Å²) in [5.41, 5.74) is -1.26. The van der Waals surface area contributed by atoms with Crippen LogP contribution in [-0.2, 0) is 6.42 Å². The Morgan fingerprint density at radius 1 is 1.15 bits per heavy atom. The molecule has 0 unspecified atom stereocenters. The first-order valence-electron chi connectivity index (χ1n) is 10.2. The van der Waals surface area contributed by atoms with Crippen molar-refractivity contribution >= 4 is 17.2 Å². The first-order chi connectivity index (χ1) is 15.8. The normalized spacial score (nSPS) is 17.8. The number of nitrogens with zero attached hydrogens (tertiary/aromatic N) is 5. The van der Waals surface area contributed by atoms with Gasteiger partial charge in [-0.25, -0.2) is 13.2 Å². The molecule has 2 aliphatic heterocycles. The third-order valence-corrected chi connectivity index (χ3v) is 6.94. The van der Waals surface area contributed by atoms with Gasteiger partial charge in [0.05, 0.1) is 5.56 Å². The molecule has 5 rings (SSSR count). The summed E-state index contributed by atoms with van der Waals surface area (Å²) < 4.78 is 42.7. The predicted molar refractivity (Wildman–Crippen MR) is 113 cm³/mol. The molecule has 172 valence electrons. The molecule has 0 spiro atoms. The molecule has 1 fully saturated rings. The van der Waals surface area contributed by atoms with E-state index in [0.717, 1.165) is 30.6 Å². The van der Waals surface area contributed by atoms with E-state index in [1.165, 1.54) is 15.8 Å². The third kappa shape index (κ3) is 3.45. The van der Waals surface area contributed by atoms with Gasteiger partial charge in [0.25, 0.3) is 5.91 Å². The molecule has 2 aliphatic rings. The Balaban J connectivity index is 1.56. The minimum atomic E-state index is -1.05. The number of aromatic hydroxyl groups is 1. The molecule has 33 heavy (non-hydrogen) atoms. The lowest BCUT2D eigenvalue weighted by molar-refractivity contribution is 0.0593. The van der Waals surface area contributed by atoms with Crippen LogP contribution >= 0.6 is 11.3 Å². The lowest BCUT2D eigenvalue weighted by atomic mass is 10.1. The fraction of sp³-hybridized carbons (Fsp3) is 0.333. The average molecular weight is 477 g/mol. The Kier molecular flexibility index (Phi) is 5.11. The maximum atomic E-state index is 14.0. The Bertz CT molecular complexity index is 1320. The second-order valence-electron chi connectivity index (χ2n) is 7.99. The van der Waals surface area contributed by atoms with Crippen molar-refractivity contribution in [2.45, 2.75) is 31.8 Å². The highest BCUT2D eigenvalue weighted by molar-refractivity contribution is 7.14. The van der Waals surface area contributed by atoms with E-state index in [9.17, 15) is 27.9 Å². The predicted octanol–water partition coefficient (Wildman–Crippen LogP) is 2.61. The topological polar surface area (TPSA) is 91.6 Å². The molecular weight excluding hydrogens is 459 g/mol. The molecule has 1 N–H and O–H groups in total. The van der Waals surface area contributed by atoms with E-state index in [0.29, 0.717) is 18.7 Å². The van der Waals surface area contributed by atoms with Crippen molar-refractivity contribution < 1.29 is 23.1 Å². The maximum absolute atomic E-state index is 14.0. The van der Waals surface area contributed by atoms with Gasteiger partial charge >= 0.3 is 0 Å². The minimum absolute atomic E-state index is 0.0155. The summed E-state index contributed by atoms with van der Waals surface area (Å²) in [5, 5.41) is 20.7. The first kappa shape index (κ1) is 21.4. The van der Waals surface area contributed by atoms with Crippen LogP contribution in [-0.4, -0.2) is 50.5 Å². The fourth-order valence-corrected chi connectivity index (χ4v) is 5.17. The van der Waals surface area contributed by atoms with Crippen molar-refractivity contribution in [3.05, 3.63) is 62.3 Å². The Morgan fingerprint density at radius 2 is 1.88 bits per heavy atom. The van der Waals surface area contributed by atoms with Gasteiger partial charge in [-0.1, -0.05) is 11.3 Å². The largest absolute Gasteiger partial charge is 0.502 e. The van der Waals surface area contributed by atoms with Gasteiger partial charge in [-0.3, -0.25) is 19.3 Å². The average Bonchev–Trinajstić information content (AvgIpc) is 3.25. The molecule has 0 radical (unpaired) electrons. The van der Waals surface area contributed by atoms with E-state index >= 15 is 0 Å². The number of amides is 1. The first-order valence-corrected chi connectivity index (χ1v) is 11.1. The monoisotopic (exact) mass is 477 g/mol. The van der Waals surface area contributed by atoms with Crippen LogP contribution in [0.3, 0.4) is 0 Å². The van der Waals surface area contributed by atoms with Crippen LogP contribution in [0.25, 0.3) is 10.6 Å². The number of fused-ring (bicyclic) bond motifs is 3. The summed E-state index contributed by atoms with van der Waals surface area (Å²) in [6, 6.07) is 1.16. The van der Waals surface area contributed by atoms with Crippen LogP contribution < -0.4 is 10.4 Å². The standard InChI is InChI=1S/C21H18F3N5O3S/c1-27-16-4-2-3-5-28(16)29-9-12(18(30)19(31)17(29)21(27)32)20-26-25-15(33-20)8-11-13(23)6-10(22)7-14(11)24/h6-7,9,16,31H,2-5,8H2,1H3/t16-/m0/s1. The quantitative estimate of drug-likeness (QED) is 0.624. The van der Waals surface area contributed by atoms with Gasteiger partial charge in [0.1, 0.15) is 28.6 Å². The number of rotatable bonds is 3. The number of piperidine rings is 1. The Labute approximate surface area is 189 Å². The van der Waals surface area contributed by atoms with E-state index < -0.39 is 34.5 Å². The number of halogens is 3. The lowest BCUT2D eigenvalue weighted by Gasteiger charge is -2.47. The number of pyridine rings is 1. The van der Waals surface area contributed by atoms with Crippen molar-refractivity contribution in [2.75, 3.05) is 18.6 Å². The lowest BCUT2D eigenvalue weighted by Crippen LogP contribution is -2.61. The van der Waals surface area contributed by atoms with Crippen LogP contribution in [0.1, 0.15) is 40.3 Å². The highest BCUT2D eigenvalue weighted by atomic mass is 32.1. The zero-order valence-corrected chi connectivity index (χ0v) is 18.2. The van der Waals surface area contributed by atoms with Gasteiger partial charge in [0.2, 0.25) is 5.43 Å². The second kappa shape index (κ2) is 7.87. The summed E-state index contributed by atoms with van der Waals surface area (Å²) in [6.07, 6.45) is 3.54. The Morgan fingerprint density at radius 3 is 2.61 bits per heavy atom. The smallest absolute Gasteiger partial charge is 0.277 e. The van der Waals surface area contributed by atoms with Gasteiger partial charge in [-0.05, 0) is 19.3 Å². The van der Waals surface area contributed by atoms with Gasteiger partial charge in [0.15, 0.2) is 16.5 Å². The number of carbonyl (C=O) groups is 1. The molecular formula is C21H18F3N5O3S. The van der Waals surface area contributed by atoms with Gasteiger partial charge in [-0.15, -0.1) is 10.2 Å². The second-order valence-corrected chi connectivity index (χ2v) is 9.06. The highest BCUT2D eigenvalue weighted by Gasteiger charge is 2.39. The molecule has 2 aromatic heterocycles. The fourth-order valence-electron chi connectivity index (χ4n) is 4.32. The van der Waals surface area contributed by atoms with E-state index in [1.807, 2.05) is 5.01 Å². The maximum Gasteiger partial charge on any atom is 0.277 e. The summed E-state index contributed by atoms with van der Waals surface area (Å²) in [7, 11) is 1.64. The van der Waals surface area contributed by atoms with Crippen molar-refractivity contribution in [1.29, 1.82) is 0 Å². The molecule has 12 heteroatoms. The van der Waals surface area contributed by atoms with E-state index in [1.54, 1.807) is 7.05 Å².